The van der Waals surface area contributed by atoms with Crippen LogP contribution in [-0.2, 0) is 31.4 Å². The van der Waals surface area contributed by atoms with Gasteiger partial charge in [-0.1, -0.05) is 44.2 Å². The molecule has 224 valence electrons. The average molecular weight is 595 g/mol. The van der Waals surface area contributed by atoms with Crippen molar-refractivity contribution >= 4 is 27.9 Å². The summed E-state index contributed by atoms with van der Waals surface area (Å²) in [4.78, 5) is 34.0. The van der Waals surface area contributed by atoms with Crippen LogP contribution in [0.5, 0.6) is 0 Å². The maximum Gasteiger partial charge on any atom is 0.416 e. The normalized spacial score (nSPS) is 15.2. The van der Waals surface area contributed by atoms with E-state index in [0.29, 0.717) is 11.6 Å². The number of carbonyl (C=O) groups excluding carboxylic acids is 1. The molecular formula is C31H38N4O6S. The Morgan fingerprint density at radius 3 is 2.31 bits per heavy atom. The van der Waals surface area contributed by atoms with Crippen molar-refractivity contribution in [3.63, 3.8) is 0 Å². The highest BCUT2D eigenvalue weighted by molar-refractivity contribution is 7.89. The molecule has 1 amide bonds. The van der Waals surface area contributed by atoms with Crippen LogP contribution in [0.1, 0.15) is 70.3 Å². The predicted octanol–water partition coefficient (Wildman–Crippen LogP) is 5.25. The third kappa shape index (κ3) is 7.51. The summed E-state index contributed by atoms with van der Waals surface area (Å²) in [6, 6.07) is 15.1. The van der Waals surface area contributed by atoms with Gasteiger partial charge in [-0.2, -0.15) is 0 Å². The van der Waals surface area contributed by atoms with Gasteiger partial charge in [0.1, 0.15) is 22.9 Å². The number of aliphatic carboxylic acids is 1. The zero-order chi connectivity index (χ0) is 30.7. The Hall–Kier alpha value is -3.83. The second-order valence-electron chi connectivity index (χ2n) is 12.0. The topological polar surface area (TPSA) is 139 Å². The van der Waals surface area contributed by atoms with Gasteiger partial charge in [0, 0.05) is 12.4 Å². The van der Waals surface area contributed by atoms with Gasteiger partial charge in [-0.15, -0.1) is 0 Å². The first kappa shape index (κ1) is 31.1. The summed E-state index contributed by atoms with van der Waals surface area (Å²) in [6.07, 6.45) is 4.43. The Bertz CT molecular complexity index is 1510. The summed E-state index contributed by atoms with van der Waals surface area (Å²) in [6.45, 7) is 8.80. The number of benzene rings is 1. The van der Waals surface area contributed by atoms with E-state index in [2.05, 4.69) is 40.7 Å². The number of carboxylic acid groups (broad SMARTS) is 1. The highest BCUT2D eigenvalue weighted by Crippen LogP contribution is 2.53. The molecule has 3 aromatic rings. The van der Waals surface area contributed by atoms with Crippen molar-refractivity contribution < 1.29 is 27.9 Å². The molecule has 1 saturated carbocycles. The van der Waals surface area contributed by atoms with Crippen molar-refractivity contribution in [3.05, 3.63) is 83.8 Å². The number of hydrogen-bond acceptors (Lipinski definition) is 7. The number of carbonyl (C=O) groups is 2. The second kappa shape index (κ2) is 12.2. The summed E-state index contributed by atoms with van der Waals surface area (Å²) >= 11 is 0. The predicted molar refractivity (Wildman–Crippen MR) is 159 cm³/mol. The first-order chi connectivity index (χ1) is 19.7. The number of amides is 1. The number of hydrogen-bond donors (Lipinski definition) is 2. The molecule has 0 bridgehead atoms. The zero-order valence-corrected chi connectivity index (χ0v) is 25.4. The van der Waals surface area contributed by atoms with Gasteiger partial charge < -0.3 is 9.84 Å². The van der Waals surface area contributed by atoms with Gasteiger partial charge >= 0.3 is 12.1 Å². The molecule has 1 unspecified atom stereocenters. The highest BCUT2D eigenvalue weighted by Gasteiger charge is 2.46. The maximum atomic E-state index is 13.4. The SMILES string of the molecule is CC(C)C1(c2ccc(CC(NS(=O)(=O)c3cccnc3)c3cccc(N(CC(=O)O)C(=O)OC(C)(C)C)n3)cc2)CC1. The summed E-state index contributed by atoms with van der Waals surface area (Å²) in [5.74, 6) is -0.706. The van der Waals surface area contributed by atoms with E-state index in [9.17, 15) is 23.1 Å². The molecule has 4 rings (SSSR count). The standard InChI is InChI=1S/C31H38N4O6S/c1-21(2)31(15-16-31)23-13-11-22(12-14-23)18-26(34-42(39,40)24-8-7-17-32-19-24)25-9-6-10-27(33-25)35(20-28(36)37)29(38)41-30(3,4)5/h6-14,17,19,21,26,34H,15-16,18,20H2,1-5H3,(H,36,37). The monoisotopic (exact) mass is 594 g/mol. The summed E-state index contributed by atoms with van der Waals surface area (Å²) in [5.41, 5.74) is 1.80. The summed E-state index contributed by atoms with van der Waals surface area (Å²) in [7, 11) is -4.00. The molecule has 0 aliphatic heterocycles. The molecule has 0 radical (unpaired) electrons. The minimum Gasteiger partial charge on any atom is -0.480 e. The van der Waals surface area contributed by atoms with E-state index < -0.39 is 40.3 Å². The number of pyridine rings is 2. The fourth-order valence-corrected chi connectivity index (χ4v) is 6.16. The molecule has 2 aromatic heterocycles. The fraction of sp³-hybridized carbons (Fsp3) is 0.419. The lowest BCUT2D eigenvalue weighted by Crippen LogP contribution is -2.40. The largest absolute Gasteiger partial charge is 0.480 e. The Labute approximate surface area is 247 Å². The Balaban J connectivity index is 1.70. The molecule has 11 heteroatoms. The third-order valence-electron chi connectivity index (χ3n) is 7.40. The molecule has 1 aliphatic carbocycles. The van der Waals surface area contributed by atoms with Crippen LogP contribution in [0, 0.1) is 5.92 Å². The molecule has 1 atom stereocenters. The first-order valence-corrected chi connectivity index (χ1v) is 15.4. The summed E-state index contributed by atoms with van der Waals surface area (Å²) in [5, 5.41) is 9.49. The molecular weight excluding hydrogens is 556 g/mol. The number of rotatable bonds is 11. The molecule has 1 aromatic carbocycles. The van der Waals surface area contributed by atoms with E-state index in [-0.39, 0.29) is 22.5 Å². The van der Waals surface area contributed by atoms with Crippen molar-refractivity contribution in [2.45, 2.75) is 75.8 Å². The second-order valence-corrected chi connectivity index (χ2v) is 13.7. The van der Waals surface area contributed by atoms with Crippen molar-refractivity contribution in [2.24, 2.45) is 5.92 Å². The van der Waals surface area contributed by atoms with Gasteiger partial charge in [0.15, 0.2) is 0 Å². The number of carboxylic acids is 1. The average Bonchev–Trinajstić information content (AvgIpc) is 3.74. The maximum absolute atomic E-state index is 13.4. The van der Waals surface area contributed by atoms with Gasteiger partial charge in [0.05, 0.1) is 11.7 Å². The number of ether oxygens (including phenoxy) is 1. The van der Waals surface area contributed by atoms with E-state index >= 15 is 0 Å². The van der Waals surface area contributed by atoms with Gasteiger partial charge in [-0.05, 0) is 86.8 Å². The molecule has 0 saturated heterocycles. The van der Waals surface area contributed by atoms with Crippen molar-refractivity contribution in [1.29, 1.82) is 0 Å². The van der Waals surface area contributed by atoms with Crippen molar-refractivity contribution in [2.75, 3.05) is 11.4 Å². The first-order valence-electron chi connectivity index (χ1n) is 13.9. The lowest BCUT2D eigenvalue weighted by Gasteiger charge is -2.26. The van der Waals surface area contributed by atoms with Crippen LogP contribution in [-0.4, -0.2) is 47.7 Å². The van der Waals surface area contributed by atoms with Crippen LogP contribution in [0.3, 0.4) is 0 Å². The van der Waals surface area contributed by atoms with Gasteiger partial charge in [-0.3, -0.25) is 14.7 Å². The number of aromatic nitrogens is 2. The van der Waals surface area contributed by atoms with Crippen LogP contribution in [0.15, 0.2) is 71.9 Å². The Morgan fingerprint density at radius 2 is 1.76 bits per heavy atom. The lowest BCUT2D eigenvalue weighted by molar-refractivity contribution is -0.135. The van der Waals surface area contributed by atoms with Crippen LogP contribution in [0.4, 0.5) is 10.6 Å². The van der Waals surface area contributed by atoms with E-state index in [1.165, 1.54) is 36.2 Å². The molecule has 42 heavy (non-hydrogen) atoms. The molecule has 1 fully saturated rings. The summed E-state index contributed by atoms with van der Waals surface area (Å²) < 4.78 is 34.9. The Kier molecular flexibility index (Phi) is 9.03. The molecule has 0 spiro atoms. The number of sulfonamides is 1. The minimum absolute atomic E-state index is 0.00429. The quantitative estimate of drug-likeness (QED) is 0.307. The van der Waals surface area contributed by atoms with Crippen molar-refractivity contribution in [1.82, 2.24) is 14.7 Å². The molecule has 1 aliphatic rings. The Morgan fingerprint density at radius 1 is 1.07 bits per heavy atom. The zero-order valence-electron chi connectivity index (χ0n) is 24.6. The molecule has 2 N–H and O–H groups in total. The molecule has 2 heterocycles. The minimum atomic E-state index is -4.00. The fourth-order valence-electron chi connectivity index (χ4n) is 4.99. The molecule has 10 nitrogen and oxygen atoms in total. The van der Waals surface area contributed by atoms with Gasteiger partial charge in [0.2, 0.25) is 10.0 Å². The van der Waals surface area contributed by atoms with Crippen LogP contribution < -0.4 is 9.62 Å². The van der Waals surface area contributed by atoms with E-state index in [1.807, 2.05) is 12.1 Å². The van der Waals surface area contributed by atoms with Crippen LogP contribution in [0.2, 0.25) is 0 Å². The number of anilines is 1. The third-order valence-corrected chi connectivity index (χ3v) is 8.86. The van der Waals surface area contributed by atoms with Crippen molar-refractivity contribution in [3.8, 4) is 0 Å². The van der Waals surface area contributed by atoms with Gasteiger partial charge in [-0.25, -0.2) is 22.9 Å². The number of nitrogens with zero attached hydrogens (tertiary/aromatic N) is 3. The lowest BCUT2D eigenvalue weighted by atomic mass is 9.84. The smallest absolute Gasteiger partial charge is 0.416 e. The van der Waals surface area contributed by atoms with E-state index in [0.717, 1.165) is 23.3 Å². The van der Waals surface area contributed by atoms with Gasteiger partial charge in [0.25, 0.3) is 0 Å². The van der Waals surface area contributed by atoms with E-state index in [4.69, 9.17) is 4.74 Å². The highest BCUT2D eigenvalue weighted by atomic mass is 32.2. The van der Waals surface area contributed by atoms with E-state index in [1.54, 1.807) is 32.9 Å². The number of nitrogens with one attached hydrogen (secondary N) is 1. The van der Waals surface area contributed by atoms with Crippen LogP contribution in [0.25, 0.3) is 0 Å². The van der Waals surface area contributed by atoms with Crippen LogP contribution >= 0.6 is 0 Å².